The van der Waals surface area contributed by atoms with Gasteiger partial charge in [-0.1, -0.05) is 33.6 Å². The van der Waals surface area contributed by atoms with E-state index in [1.807, 2.05) is 32.1 Å². The molecule has 1 aromatic heterocycles. The number of H-pyrrole nitrogens is 1. The minimum atomic E-state index is -0.314. The van der Waals surface area contributed by atoms with Gasteiger partial charge in [0.2, 0.25) is 0 Å². The van der Waals surface area contributed by atoms with Crippen LogP contribution in [0, 0.1) is 13.8 Å². The summed E-state index contributed by atoms with van der Waals surface area (Å²) in [4.78, 5) is 27.3. The second kappa shape index (κ2) is 8.80. The molecule has 0 saturated heterocycles. The maximum absolute atomic E-state index is 12.5. The number of carbonyl (C=O) groups is 1. The van der Waals surface area contributed by atoms with E-state index in [-0.39, 0.29) is 18.0 Å². The number of allylic oxidation sites excluding steroid dienone is 3. The summed E-state index contributed by atoms with van der Waals surface area (Å²) in [6.07, 6.45) is 5.77. The lowest BCUT2D eigenvalue weighted by Gasteiger charge is -2.14. The number of amides is 1. The SMILES string of the molecule is Cc1cc(C)c(CNC(=O)c2ccc(OC3=C(Br)CCC=C3)c(Cl)c2)c(=O)[nH]1. The van der Waals surface area contributed by atoms with Gasteiger partial charge in [0.1, 0.15) is 11.5 Å². The molecule has 0 unspecified atom stereocenters. The molecular formula is C21H20BrClN2O3. The van der Waals surface area contributed by atoms with Crippen molar-refractivity contribution in [2.75, 3.05) is 0 Å². The minimum Gasteiger partial charge on any atom is -0.455 e. The number of pyridine rings is 1. The first kappa shape index (κ1) is 20.4. The van der Waals surface area contributed by atoms with Crippen LogP contribution < -0.4 is 15.6 Å². The summed E-state index contributed by atoms with van der Waals surface area (Å²) in [7, 11) is 0. The molecule has 0 aliphatic heterocycles. The van der Waals surface area contributed by atoms with Crippen molar-refractivity contribution in [2.24, 2.45) is 0 Å². The van der Waals surface area contributed by atoms with Crippen molar-refractivity contribution in [1.29, 1.82) is 0 Å². The van der Waals surface area contributed by atoms with E-state index in [2.05, 4.69) is 26.2 Å². The number of benzene rings is 1. The second-order valence-electron chi connectivity index (χ2n) is 6.58. The van der Waals surface area contributed by atoms with Crippen LogP contribution in [-0.2, 0) is 6.54 Å². The summed E-state index contributed by atoms with van der Waals surface area (Å²) in [5.74, 6) is 0.868. The van der Waals surface area contributed by atoms with E-state index in [9.17, 15) is 9.59 Å². The molecule has 3 rings (SSSR count). The molecule has 0 fully saturated rings. The number of rotatable bonds is 5. The van der Waals surface area contributed by atoms with Crippen LogP contribution >= 0.6 is 27.5 Å². The third-order valence-corrected chi connectivity index (χ3v) is 5.48. The highest BCUT2D eigenvalue weighted by Crippen LogP contribution is 2.31. The zero-order valence-corrected chi connectivity index (χ0v) is 17.9. The second-order valence-corrected chi connectivity index (χ2v) is 7.95. The van der Waals surface area contributed by atoms with E-state index in [4.69, 9.17) is 16.3 Å². The van der Waals surface area contributed by atoms with E-state index < -0.39 is 0 Å². The molecule has 0 bridgehead atoms. The summed E-state index contributed by atoms with van der Waals surface area (Å²) in [5.41, 5.74) is 2.35. The third-order valence-electron chi connectivity index (χ3n) is 4.40. The van der Waals surface area contributed by atoms with Gasteiger partial charge < -0.3 is 15.0 Å². The van der Waals surface area contributed by atoms with Crippen molar-refractivity contribution in [2.45, 2.75) is 33.2 Å². The number of aromatic nitrogens is 1. The Bertz CT molecular complexity index is 1040. The molecule has 1 amide bonds. The van der Waals surface area contributed by atoms with Crippen LogP contribution in [0.4, 0.5) is 0 Å². The van der Waals surface area contributed by atoms with Crippen molar-refractivity contribution in [3.8, 4) is 5.75 Å². The Morgan fingerprint density at radius 1 is 1.32 bits per heavy atom. The topological polar surface area (TPSA) is 71.2 Å². The zero-order chi connectivity index (χ0) is 20.3. The average Bonchev–Trinajstić information content (AvgIpc) is 2.64. The molecule has 1 heterocycles. The standard InChI is InChI=1S/C21H20BrClN2O3/c1-12-9-13(2)25-21(27)15(12)11-24-20(26)14-7-8-19(17(23)10-14)28-18-6-4-3-5-16(18)22/h4,6-10H,3,5,11H2,1-2H3,(H,24,26)(H,25,27). The Kier molecular flexibility index (Phi) is 6.42. The van der Waals surface area contributed by atoms with Gasteiger partial charge >= 0.3 is 0 Å². The van der Waals surface area contributed by atoms with Gasteiger partial charge in [0.25, 0.3) is 11.5 Å². The van der Waals surface area contributed by atoms with Crippen molar-refractivity contribution in [3.05, 3.63) is 84.4 Å². The number of hydrogen-bond acceptors (Lipinski definition) is 3. The molecule has 1 aromatic carbocycles. The highest BCUT2D eigenvalue weighted by atomic mass is 79.9. The van der Waals surface area contributed by atoms with Crippen LogP contribution in [0.5, 0.6) is 5.75 Å². The molecule has 0 spiro atoms. The Labute approximate surface area is 176 Å². The van der Waals surface area contributed by atoms with Crippen LogP contribution in [0.1, 0.15) is 40.0 Å². The summed E-state index contributed by atoms with van der Waals surface area (Å²) in [6, 6.07) is 6.73. The third kappa shape index (κ3) is 4.75. The van der Waals surface area contributed by atoms with Gasteiger partial charge in [0.15, 0.2) is 0 Å². The van der Waals surface area contributed by atoms with Gasteiger partial charge in [0, 0.05) is 27.8 Å². The number of halogens is 2. The van der Waals surface area contributed by atoms with E-state index in [1.54, 1.807) is 18.2 Å². The monoisotopic (exact) mass is 462 g/mol. The van der Waals surface area contributed by atoms with E-state index in [0.29, 0.717) is 27.7 Å². The van der Waals surface area contributed by atoms with Crippen molar-refractivity contribution >= 4 is 33.4 Å². The molecular weight excluding hydrogens is 444 g/mol. The first-order valence-corrected chi connectivity index (χ1v) is 10.0. The highest BCUT2D eigenvalue weighted by Gasteiger charge is 2.14. The fourth-order valence-corrected chi connectivity index (χ4v) is 3.58. The molecule has 1 aliphatic carbocycles. The molecule has 28 heavy (non-hydrogen) atoms. The number of aromatic amines is 1. The van der Waals surface area contributed by atoms with Gasteiger partial charge in [-0.25, -0.2) is 0 Å². The fraction of sp³-hybridized carbons (Fsp3) is 0.238. The largest absolute Gasteiger partial charge is 0.455 e. The normalized spacial score (nSPS) is 13.6. The van der Waals surface area contributed by atoms with E-state index >= 15 is 0 Å². The van der Waals surface area contributed by atoms with Gasteiger partial charge in [-0.2, -0.15) is 0 Å². The highest BCUT2D eigenvalue weighted by molar-refractivity contribution is 9.11. The van der Waals surface area contributed by atoms with Crippen molar-refractivity contribution in [3.63, 3.8) is 0 Å². The molecule has 0 atom stereocenters. The van der Waals surface area contributed by atoms with Gasteiger partial charge in [-0.3, -0.25) is 9.59 Å². The molecule has 2 N–H and O–H groups in total. The smallest absolute Gasteiger partial charge is 0.253 e. The summed E-state index contributed by atoms with van der Waals surface area (Å²) >= 11 is 9.80. The predicted molar refractivity (Wildman–Crippen MR) is 114 cm³/mol. The van der Waals surface area contributed by atoms with Crippen LogP contribution in [0.3, 0.4) is 0 Å². The van der Waals surface area contributed by atoms with E-state index in [0.717, 1.165) is 28.6 Å². The average molecular weight is 464 g/mol. The summed E-state index contributed by atoms with van der Waals surface area (Å²) in [6.45, 7) is 3.81. The molecule has 7 heteroatoms. The Balaban J connectivity index is 1.71. The van der Waals surface area contributed by atoms with Crippen molar-refractivity contribution < 1.29 is 9.53 Å². The molecule has 146 valence electrons. The van der Waals surface area contributed by atoms with Gasteiger partial charge in [0.05, 0.1) is 5.02 Å². The van der Waals surface area contributed by atoms with Crippen LogP contribution in [-0.4, -0.2) is 10.9 Å². The number of nitrogens with one attached hydrogen (secondary N) is 2. The summed E-state index contributed by atoms with van der Waals surface area (Å²) in [5, 5.41) is 3.10. The fourth-order valence-electron chi connectivity index (χ4n) is 2.92. The number of hydrogen-bond donors (Lipinski definition) is 2. The quantitative estimate of drug-likeness (QED) is 0.662. The number of aryl methyl sites for hydroxylation is 2. The molecule has 5 nitrogen and oxygen atoms in total. The zero-order valence-electron chi connectivity index (χ0n) is 15.6. The lowest BCUT2D eigenvalue weighted by atomic mass is 10.1. The van der Waals surface area contributed by atoms with Crippen LogP contribution in [0.25, 0.3) is 0 Å². The van der Waals surface area contributed by atoms with Gasteiger partial charge in [-0.15, -0.1) is 0 Å². The lowest BCUT2D eigenvalue weighted by molar-refractivity contribution is 0.0950. The molecule has 0 saturated carbocycles. The van der Waals surface area contributed by atoms with Crippen LogP contribution in [0.2, 0.25) is 5.02 Å². The minimum absolute atomic E-state index is 0.140. The van der Waals surface area contributed by atoms with Crippen molar-refractivity contribution in [1.82, 2.24) is 10.3 Å². The number of carbonyl (C=O) groups excluding carboxylic acids is 1. The Morgan fingerprint density at radius 2 is 2.11 bits per heavy atom. The molecule has 1 aliphatic rings. The summed E-state index contributed by atoms with van der Waals surface area (Å²) < 4.78 is 6.82. The van der Waals surface area contributed by atoms with E-state index in [1.165, 1.54) is 0 Å². The Hall–Kier alpha value is -2.31. The predicted octanol–water partition coefficient (Wildman–Crippen LogP) is 4.91. The Morgan fingerprint density at radius 3 is 2.79 bits per heavy atom. The van der Waals surface area contributed by atoms with Crippen LogP contribution in [0.15, 0.2) is 51.5 Å². The first-order chi connectivity index (χ1) is 13.3. The first-order valence-electron chi connectivity index (χ1n) is 8.85. The molecule has 2 aromatic rings. The van der Waals surface area contributed by atoms with Gasteiger partial charge in [-0.05, 0) is 62.6 Å². The maximum atomic E-state index is 12.5. The number of ether oxygens (including phenoxy) is 1. The maximum Gasteiger partial charge on any atom is 0.253 e. The molecule has 0 radical (unpaired) electrons. The lowest BCUT2D eigenvalue weighted by Crippen LogP contribution is -2.27.